The second kappa shape index (κ2) is 6.38. The van der Waals surface area contributed by atoms with E-state index < -0.39 is 0 Å². The monoisotopic (exact) mass is 254 g/mol. The van der Waals surface area contributed by atoms with Crippen molar-refractivity contribution in [2.75, 3.05) is 19.6 Å². The lowest BCUT2D eigenvalue weighted by atomic mass is 9.80. The van der Waals surface area contributed by atoms with Gasteiger partial charge in [0.25, 0.3) is 0 Å². The van der Waals surface area contributed by atoms with Crippen molar-refractivity contribution >= 4 is 0 Å². The molecule has 0 aromatic rings. The van der Waals surface area contributed by atoms with Gasteiger partial charge in [-0.2, -0.15) is 0 Å². The zero-order valence-corrected chi connectivity index (χ0v) is 13.5. The minimum absolute atomic E-state index is 0.357. The molecule has 2 nitrogen and oxygen atoms in total. The Kier molecular flexibility index (Phi) is 5.67. The van der Waals surface area contributed by atoms with Crippen LogP contribution in [-0.2, 0) is 0 Å². The largest absolute Gasteiger partial charge is 0.308 e. The average molecular weight is 254 g/mol. The summed E-state index contributed by atoms with van der Waals surface area (Å²) in [7, 11) is 0. The van der Waals surface area contributed by atoms with Gasteiger partial charge in [0.2, 0.25) is 0 Å². The van der Waals surface area contributed by atoms with Gasteiger partial charge in [0, 0.05) is 24.7 Å². The Labute approximate surface area is 115 Å². The molecule has 1 saturated heterocycles. The van der Waals surface area contributed by atoms with Gasteiger partial charge in [0.1, 0.15) is 0 Å². The quantitative estimate of drug-likeness (QED) is 0.805. The lowest BCUT2D eigenvalue weighted by Gasteiger charge is -2.51. The van der Waals surface area contributed by atoms with Gasteiger partial charge >= 0.3 is 0 Å². The van der Waals surface area contributed by atoms with Crippen LogP contribution in [0.15, 0.2) is 0 Å². The molecule has 0 aliphatic carbocycles. The first-order valence-corrected chi connectivity index (χ1v) is 7.87. The van der Waals surface area contributed by atoms with Gasteiger partial charge in [-0.15, -0.1) is 0 Å². The van der Waals surface area contributed by atoms with Crippen molar-refractivity contribution in [2.45, 2.75) is 78.8 Å². The van der Waals surface area contributed by atoms with Crippen molar-refractivity contribution in [3.05, 3.63) is 0 Å². The van der Waals surface area contributed by atoms with Crippen molar-refractivity contribution in [1.82, 2.24) is 10.2 Å². The summed E-state index contributed by atoms with van der Waals surface area (Å²) < 4.78 is 0. The standard InChI is InChI=1S/C16H34N2/c1-7-10-11-18-13-16(8-2,9-3)17-12-14(18)15(4,5)6/h14,17H,7-13H2,1-6H3. The third-order valence-electron chi connectivity index (χ3n) is 4.77. The summed E-state index contributed by atoms with van der Waals surface area (Å²) >= 11 is 0. The molecule has 1 heterocycles. The molecule has 0 aromatic heterocycles. The summed E-state index contributed by atoms with van der Waals surface area (Å²) in [6, 6.07) is 0.676. The number of nitrogens with one attached hydrogen (secondary N) is 1. The van der Waals surface area contributed by atoms with Crippen molar-refractivity contribution < 1.29 is 0 Å². The Hall–Kier alpha value is -0.0800. The molecule has 1 aliphatic rings. The van der Waals surface area contributed by atoms with Gasteiger partial charge in [-0.05, 0) is 31.2 Å². The van der Waals surface area contributed by atoms with Crippen LogP contribution < -0.4 is 5.32 Å². The van der Waals surface area contributed by atoms with Crippen LogP contribution in [0.4, 0.5) is 0 Å². The molecule has 0 bridgehead atoms. The first kappa shape index (κ1) is 16.0. The molecule has 0 radical (unpaired) electrons. The highest BCUT2D eigenvalue weighted by Gasteiger charge is 2.40. The summed E-state index contributed by atoms with van der Waals surface area (Å²) in [6.07, 6.45) is 5.11. The van der Waals surface area contributed by atoms with Crippen LogP contribution in [-0.4, -0.2) is 36.1 Å². The highest BCUT2D eigenvalue weighted by Crippen LogP contribution is 2.31. The number of unbranched alkanes of at least 4 members (excludes halogenated alkanes) is 1. The van der Waals surface area contributed by atoms with Crippen LogP contribution in [0.5, 0.6) is 0 Å². The van der Waals surface area contributed by atoms with E-state index in [1.165, 1.54) is 38.8 Å². The van der Waals surface area contributed by atoms with Crippen LogP contribution in [0.1, 0.15) is 67.2 Å². The van der Waals surface area contributed by atoms with E-state index in [1.807, 2.05) is 0 Å². The van der Waals surface area contributed by atoms with E-state index in [2.05, 4.69) is 51.8 Å². The predicted molar refractivity (Wildman–Crippen MR) is 81.0 cm³/mol. The molecular formula is C16H34N2. The number of hydrogen-bond donors (Lipinski definition) is 1. The van der Waals surface area contributed by atoms with Gasteiger partial charge in [-0.25, -0.2) is 0 Å². The number of nitrogens with zero attached hydrogens (tertiary/aromatic N) is 1. The Morgan fingerprint density at radius 3 is 2.22 bits per heavy atom. The fraction of sp³-hybridized carbons (Fsp3) is 1.00. The SMILES string of the molecule is CCCCN1CC(CC)(CC)NCC1C(C)(C)C. The van der Waals surface area contributed by atoms with Crippen LogP contribution >= 0.6 is 0 Å². The smallest absolute Gasteiger partial charge is 0.0304 e. The van der Waals surface area contributed by atoms with Crippen LogP contribution in [0.2, 0.25) is 0 Å². The molecule has 18 heavy (non-hydrogen) atoms. The highest BCUT2D eigenvalue weighted by molar-refractivity contribution is 4.99. The predicted octanol–water partition coefficient (Wildman–Crippen LogP) is 3.67. The van der Waals surface area contributed by atoms with Crippen LogP contribution in [0.25, 0.3) is 0 Å². The summed E-state index contributed by atoms with van der Waals surface area (Å²) in [5.41, 5.74) is 0.726. The van der Waals surface area contributed by atoms with E-state index in [0.717, 1.165) is 6.54 Å². The average Bonchev–Trinajstić information content (AvgIpc) is 2.34. The lowest BCUT2D eigenvalue weighted by Crippen LogP contribution is -2.66. The second-order valence-electron chi connectivity index (χ2n) is 7.07. The van der Waals surface area contributed by atoms with E-state index in [1.54, 1.807) is 0 Å². The third-order valence-corrected chi connectivity index (χ3v) is 4.77. The maximum Gasteiger partial charge on any atom is 0.0304 e. The molecule has 0 saturated carbocycles. The topological polar surface area (TPSA) is 15.3 Å². The molecule has 0 aromatic carbocycles. The lowest BCUT2D eigenvalue weighted by molar-refractivity contribution is 0.0180. The molecule has 1 N–H and O–H groups in total. The molecule has 2 heteroatoms. The van der Waals surface area contributed by atoms with E-state index in [4.69, 9.17) is 0 Å². The molecule has 1 fully saturated rings. The van der Waals surface area contributed by atoms with E-state index in [-0.39, 0.29) is 0 Å². The molecule has 108 valence electrons. The van der Waals surface area contributed by atoms with E-state index >= 15 is 0 Å². The Morgan fingerprint density at radius 1 is 1.17 bits per heavy atom. The summed E-state index contributed by atoms with van der Waals surface area (Å²) in [5.74, 6) is 0. The summed E-state index contributed by atoms with van der Waals surface area (Å²) in [4.78, 5) is 2.76. The van der Waals surface area contributed by atoms with Crippen molar-refractivity contribution in [1.29, 1.82) is 0 Å². The first-order chi connectivity index (χ1) is 8.38. The minimum atomic E-state index is 0.357. The molecule has 0 amide bonds. The molecular weight excluding hydrogens is 220 g/mol. The van der Waals surface area contributed by atoms with Crippen LogP contribution in [0, 0.1) is 5.41 Å². The summed E-state index contributed by atoms with van der Waals surface area (Å²) in [6.45, 7) is 17.7. The molecule has 1 unspecified atom stereocenters. The van der Waals surface area contributed by atoms with Gasteiger partial charge in [0.05, 0.1) is 0 Å². The number of hydrogen-bond acceptors (Lipinski definition) is 2. The minimum Gasteiger partial charge on any atom is -0.308 e. The number of piperazine rings is 1. The molecule has 0 spiro atoms. The molecule has 1 rings (SSSR count). The molecule has 1 aliphatic heterocycles. The zero-order chi connectivity index (χ0) is 13.8. The normalized spacial score (nSPS) is 25.3. The van der Waals surface area contributed by atoms with Gasteiger partial charge in [0.15, 0.2) is 0 Å². The van der Waals surface area contributed by atoms with E-state index in [0.29, 0.717) is 17.0 Å². The van der Waals surface area contributed by atoms with Crippen LogP contribution in [0.3, 0.4) is 0 Å². The second-order valence-corrected chi connectivity index (χ2v) is 7.07. The fourth-order valence-corrected chi connectivity index (χ4v) is 3.17. The molecule has 1 atom stereocenters. The maximum atomic E-state index is 3.85. The first-order valence-electron chi connectivity index (χ1n) is 7.87. The Morgan fingerprint density at radius 2 is 1.78 bits per heavy atom. The highest BCUT2D eigenvalue weighted by atomic mass is 15.3. The van der Waals surface area contributed by atoms with E-state index in [9.17, 15) is 0 Å². The van der Waals surface area contributed by atoms with Crippen molar-refractivity contribution in [3.63, 3.8) is 0 Å². The third kappa shape index (κ3) is 3.71. The fourth-order valence-electron chi connectivity index (χ4n) is 3.17. The maximum absolute atomic E-state index is 3.85. The van der Waals surface area contributed by atoms with Crippen molar-refractivity contribution in [3.8, 4) is 0 Å². The number of rotatable bonds is 5. The summed E-state index contributed by atoms with van der Waals surface area (Å²) in [5, 5.41) is 3.85. The van der Waals surface area contributed by atoms with Gasteiger partial charge in [-0.3, -0.25) is 4.90 Å². The Bertz CT molecular complexity index is 238. The van der Waals surface area contributed by atoms with Crippen molar-refractivity contribution in [2.24, 2.45) is 5.41 Å². The Balaban J connectivity index is 2.78. The van der Waals surface area contributed by atoms with Gasteiger partial charge in [-0.1, -0.05) is 48.0 Å². The zero-order valence-electron chi connectivity index (χ0n) is 13.5. The van der Waals surface area contributed by atoms with Gasteiger partial charge < -0.3 is 5.32 Å².